The van der Waals surface area contributed by atoms with Crippen LogP contribution in [0, 0.1) is 17.8 Å². The maximum Gasteiger partial charge on any atom is 0.0398 e. The van der Waals surface area contributed by atoms with Crippen molar-refractivity contribution in [1.29, 1.82) is 0 Å². The lowest BCUT2D eigenvalue weighted by atomic mass is 10.0. The number of nitrogens with one attached hydrogen (secondary N) is 1. The molecule has 0 spiro atoms. The Morgan fingerprint density at radius 2 is 1.56 bits per heavy atom. The summed E-state index contributed by atoms with van der Waals surface area (Å²) in [6.07, 6.45) is 1.48. The summed E-state index contributed by atoms with van der Waals surface area (Å²) in [6.45, 7) is 12.0. The Balaban J connectivity index is 2.69. The Hall–Kier alpha value is 0.310. The first kappa shape index (κ1) is 14.4. The van der Waals surface area contributed by atoms with Gasteiger partial charge in [0.05, 0.1) is 0 Å². The van der Waals surface area contributed by atoms with Gasteiger partial charge in [0.15, 0.2) is 0 Å². The molecule has 0 saturated carbocycles. The van der Waals surface area contributed by atoms with E-state index in [1.54, 1.807) is 0 Å². The van der Waals surface area contributed by atoms with Crippen LogP contribution in [-0.2, 0) is 0 Å². The van der Waals surface area contributed by atoms with E-state index in [4.69, 9.17) is 0 Å². The molecule has 2 heteroatoms. The van der Waals surface area contributed by atoms with Gasteiger partial charge in [-0.05, 0) is 48.5 Å². The Morgan fingerprint density at radius 1 is 1.00 bits per heavy atom. The van der Waals surface area contributed by atoms with E-state index in [0.29, 0.717) is 0 Å². The Bertz CT molecular complexity index is 209. The van der Waals surface area contributed by atoms with Gasteiger partial charge in [0, 0.05) is 5.37 Å². The number of hydrogen-bond acceptors (Lipinski definition) is 1. The topological polar surface area (TPSA) is 12.0 Å². The van der Waals surface area contributed by atoms with Crippen LogP contribution >= 0.6 is 10.0 Å². The van der Waals surface area contributed by atoms with Crippen LogP contribution in [0.4, 0.5) is 0 Å². The Kier molecular flexibility index (Phi) is 5.18. The van der Waals surface area contributed by atoms with E-state index >= 15 is 0 Å². The molecule has 0 aromatic carbocycles. The molecule has 1 rings (SSSR count). The standard InChI is InChI=1S/C14H31NS/c1-11(2)13(5)10-16(8-7-9-16)14(15-6)12(3)4/h11-15H,7-10H2,1-6H3. The molecule has 98 valence electrons. The SMILES string of the molecule is CNC(C(C)C)S1(CC(C)C(C)C)CCC1. The molecule has 0 aromatic rings. The minimum absolute atomic E-state index is 0.342. The molecule has 0 radical (unpaired) electrons. The molecule has 1 fully saturated rings. The zero-order chi connectivity index (χ0) is 12.3. The third-order valence-electron chi connectivity index (χ3n) is 4.26. The first-order chi connectivity index (χ1) is 7.43. The van der Waals surface area contributed by atoms with E-state index in [2.05, 4.69) is 47.0 Å². The molecular formula is C14H31NS. The fourth-order valence-electron chi connectivity index (χ4n) is 2.92. The molecule has 16 heavy (non-hydrogen) atoms. The maximum atomic E-state index is 3.63. The smallest absolute Gasteiger partial charge is 0.0398 e. The van der Waals surface area contributed by atoms with E-state index < -0.39 is 0 Å². The van der Waals surface area contributed by atoms with Crippen molar-refractivity contribution in [3.05, 3.63) is 0 Å². The highest BCUT2D eigenvalue weighted by molar-refractivity contribution is 8.35. The summed E-state index contributed by atoms with van der Waals surface area (Å²) in [6, 6.07) is 0. The van der Waals surface area contributed by atoms with E-state index in [1.807, 2.05) is 0 Å². The second kappa shape index (κ2) is 5.77. The minimum atomic E-state index is -0.342. The molecule has 1 heterocycles. The molecule has 1 N–H and O–H groups in total. The molecule has 0 aromatic heterocycles. The molecule has 0 aliphatic carbocycles. The highest BCUT2D eigenvalue weighted by atomic mass is 32.3. The highest BCUT2D eigenvalue weighted by Crippen LogP contribution is 2.62. The van der Waals surface area contributed by atoms with Crippen molar-refractivity contribution >= 4 is 10.0 Å². The number of rotatable bonds is 6. The van der Waals surface area contributed by atoms with Gasteiger partial charge in [0.1, 0.15) is 0 Å². The van der Waals surface area contributed by atoms with Crippen LogP contribution in [0.3, 0.4) is 0 Å². The van der Waals surface area contributed by atoms with Crippen molar-refractivity contribution in [2.45, 2.75) is 46.4 Å². The summed E-state index contributed by atoms with van der Waals surface area (Å²) in [5, 5.41) is 4.42. The lowest BCUT2D eigenvalue weighted by molar-refractivity contribution is 0.455. The summed E-state index contributed by atoms with van der Waals surface area (Å²) in [7, 11) is 1.82. The second-order valence-electron chi connectivity index (χ2n) is 6.22. The average Bonchev–Trinajstić information content (AvgIpc) is 2.13. The molecule has 0 bridgehead atoms. The van der Waals surface area contributed by atoms with Gasteiger partial charge in [0.2, 0.25) is 0 Å². The molecule has 0 amide bonds. The molecule has 1 saturated heterocycles. The van der Waals surface area contributed by atoms with Gasteiger partial charge in [-0.25, -0.2) is 10.0 Å². The normalized spacial score (nSPS) is 25.2. The van der Waals surface area contributed by atoms with Crippen LogP contribution in [0.2, 0.25) is 0 Å². The highest BCUT2D eigenvalue weighted by Gasteiger charge is 2.40. The summed E-state index contributed by atoms with van der Waals surface area (Å²) in [4.78, 5) is 0. The summed E-state index contributed by atoms with van der Waals surface area (Å²) in [5.74, 6) is 7.06. The molecule has 1 aliphatic heterocycles. The van der Waals surface area contributed by atoms with Gasteiger partial charge < -0.3 is 5.32 Å². The molecule has 2 atom stereocenters. The maximum absolute atomic E-state index is 3.63. The molecule has 2 unspecified atom stereocenters. The lowest BCUT2D eigenvalue weighted by Gasteiger charge is -2.56. The summed E-state index contributed by atoms with van der Waals surface area (Å²) in [5.41, 5.74) is 0. The van der Waals surface area contributed by atoms with E-state index in [1.165, 1.54) is 23.7 Å². The predicted octanol–water partition coefficient (Wildman–Crippen LogP) is 3.69. The number of hydrogen-bond donors (Lipinski definition) is 1. The molecular weight excluding hydrogens is 214 g/mol. The van der Waals surface area contributed by atoms with Crippen LogP contribution in [-0.4, -0.2) is 29.7 Å². The van der Waals surface area contributed by atoms with Gasteiger partial charge in [0.25, 0.3) is 0 Å². The molecule has 1 aliphatic rings. The van der Waals surface area contributed by atoms with Crippen LogP contribution in [0.1, 0.15) is 41.0 Å². The minimum Gasteiger partial charge on any atom is -0.309 e. The van der Waals surface area contributed by atoms with Crippen molar-refractivity contribution in [2.75, 3.05) is 24.3 Å². The fourth-order valence-corrected chi connectivity index (χ4v) is 8.08. The van der Waals surface area contributed by atoms with Gasteiger partial charge in [-0.3, -0.25) is 0 Å². The van der Waals surface area contributed by atoms with Crippen molar-refractivity contribution in [2.24, 2.45) is 17.8 Å². The van der Waals surface area contributed by atoms with Crippen LogP contribution in [0.15, 0.2) is 0 Å². The van der Waals surface area contributed by atoms with Crippen LogP contribution < -0.4 is 5.32 Å². The van der Waals surface area contributed by atoms with Crippen LogP contribution in [0.5, 0.6) is 0 Å². The monoisotopic (exact) mass is 245 g/mol. The van der Waals surface area contributed by atoms with Gasteiger partial charge in [-0.2, -0.15) is 0 Å². The van der Waals surface area contributed by atoms with Crippen molar-refractivity contribution < 1.29 is 0 Å². The zero-order valence-electron chi connectivity index (χ0n) is 12.0. The predicted molar refractivity (Wildman–Crippen MR) is 78.5 cm³/mol. The van der Waals surface area contributed by atoms with Gasteiger partial charge in [-0.1, -0.05) is 34.6 Å². The lowest BCUT2D eigenvalue weighted by Crippen LogP contribution is -2.45. The quantitative estimate of drug-likeness (QED) is 0.752. The third kappa shape index (κ3) is 2.95. The van der Waals surface area contributed by atoms with Crippen molar-refractivity contribution in [3.63, 3.8) is 0 Å². The second-order valence-corrected chi connectivity index (χ2v) is 10.1. The third-order valence-corrected chi connectivity index (χ3v) is 9.51. The average molecular weight is 245 g/mol. The van der Waals surface area contributed by atoms with Gasteiger partial charge in [-0.15, -0.1) is 0 Å². The summed E-state index contributed by atoms with van der Waals surface area (Å²) < 4.78 is 0. The van der Waals surface area contributed by atoms with E-state index in [0.717, 1.165) is 23.1 Å². The fraction of sp³-hybridized carbons (Fsp3) is 1.00. The molecule has 1 nitrogen and oxygen atoms in total. The van der Waals surface area contributed by atoms with Crippen LogP contribution in [0.25, 0.3) is 0 Å². The Morgan fingerprint density at radius 3 is 1.81 bits per heavy atom. The van der Waals surface area contributed by atoms with Gasteiger partial charge >= 0.3 is 0 Å². The largest absolute Gasteiger partial charge is 0.309 e. The summed E-state index contributed by atoms with van der Waals surface area (Å²) >= 11 is 0. The van der Waals surface area contributed by atoms with Crippen molar-refractivity contribution in [3.8, 4) is 0 Å². The van der Waals surface area contributed by atoms with E-state index in [-0.39, 0.29) is 10.0 Å². The first-order valence-electron chi connectivity index (χ1n) is 6.85. The van der Waals surface area contributed by atoms with Crippen molar-refractivity contribution in [1.82, 2.24) is 5.32 Å². The first-order valence-corrected chi connectivity index (χ1v) is 9.06. The Labute approximate surface area is 104 Å². The van der Waals surface area contributed by atoms with E-state index in [9.17, 15) is 0 Å². The zero-order valence-corrected chi connectivity index (χ0v) is 12.9.